The van der Waals surface area contributed by atoms with Gasteiger partial charge in [-0.15, -0.1) is 11.3 Å². The fraction of sp³-hybridized carbons (Fsp3) is 0.533. The SMILES string of the molecule is CC.CC.Cc1cc(C(C(=O)N2CC(O)CC2C(=O)NC(C)c2ccc(-c3scnc3CO)cc2)C(C)C)on1. The average Bonchev–Trinajstić information content (AvgIpc) is 3.70. The number of nitrogens with zero attached hydrogens (tertiary/aromatic N) is 3. The largest absolute Gasteiger partial charge is 0.391 e. The molecule has 1 saturated heterocycles. The van der Waals surface area contributed by atoms with E-state index in [9.17, 15) is 19.8 Å². The molecule has 0 saturated carbocycles. The number of carbonyl (C=O) groups is 2. The molecule has 4 atom stereocenters. The minimum atomic E-state index is -0.774. The fourth-order valence-electron chi connectivity index (χ4n) is 4.68. The number of aliphatic hydroxyl groups is 2. The monoisotopic (exact) mass is 572 g/mol. The molecule has 4 rings (SSSR count). The molecule has 0 bridgehead atoms. The first-order chi connectivity index (χ1) is 19.2. The van der Waals surface area contributed by atoms with Crippen molar-refractivity contribution in [1.82, 2.24) is 20.4 Å². The maximum Gasteiger partial charge on any atom is 0.243 e. The summed E-state index contributed by atoms with van der Waals surface area (Å²) in [5, 5.41) is 26.7. The molecule has 1 aromatic carbocycles. The van der Waals surface area contributed by atoms with Crippen LogP contribution in [0.4, 0.5) is 0 Å². The van der Waals surface area contributed by atoms with Gasteiger partial charge < -0.3 is 25.0 Å². The van der Waals surface area contributed by atoms with Crippen LogP contribution in [0, 0.1) is 12.8 Å². The molecule has 0 radical (unpaired) electrons. The minimum Gasteiger partial charge on any atom is -0.391 e. The van der Waals surface area contributed by atoms with E-state index in [-0.39, 0.29) is 43.3 Å². The van der Waals surface area contributed by atoms with Gasteiger partial charge in [0.15, 0.2) is 0 Å². The van der Waals surface area contributed by atoms with Gasteiger partial charge in [0.25, 0.3) is 0 Å². The highest BCUT2D eigenvalue weighted by Crippen LogP contribution is 2.32. The molecule has 3 N–H and O–H groups in total. The highest BCUT2D eigenvalue weighted by molar-refractivity contribution is 7.13. The molecule has 1 aliphatic rings. The summed E-state index contributed by atoms with van der Waals surface area (Å²) in [4.78, 5) is 33.4. The highest BCUT2D eigenvalue weighted by atomic mass is 32.1. The van der Waals surface area contributed by atoms with E-state index in [2.05, 4.69) is 15.5 Å². The van der Waals surface area contributed by atoms with Gasteiger partial charge in [-0.2, -0.15) is 0 Å². The third kappa shape index (κ3) is 7.77. The van der Waals surface area contributed by atoms with Crippen LogP contribution in [-0.2, 0) is 16.2 Å². The second kappa shape index (κ2) is 15.6. The van der Waals surface area contributed by atoms with Crippen LogP contribution >= 0.6 is 11.3 Å². The van der Waals surface area contributed by atoms with E-state index in [0.717, 1.165) is 16.0 Å². The molecule has 3 aromatic rings. The second-order valence-electron chi connectivity index (χ2n) is 9.63. The van der Waals surface area contributed by atoms with E-state index in [1.807, 2.05) is 72.7 Å². The Kier molecular flexibility index (Phi) is 13.0. The number of benzene rings is 1. The maximum absolute atomic E-state index is 13.5. The number of aryl methyl sites for hydroxylation is 1. The summed E-state index contributed by atoms with van der Waals surface area (Å²) in [5.74, 6) is -0.760. The molecular formula is C30H44N4O5S. The second-order valence-corrected chi connectivity index (χ2v) is 10.5. The van der Waals surface area contributed by atoms with E-state index >= 15 is 0 Å². The number of hydrogen-bond donors (Lipinski definition) is 3. The molecular weight excluding hydrogens is 528 g/mol. The number of aliphatic hydroxyl groups excluding tert-OH is 2. The molecule has 1 fully saturated rings. The van der Waals surface area contributed by atoms with Crippen LogP contribution < -0.4 is 5.32 Å². The van der Waals surface area contributed by atoms with Crippen LogP contribution in [0.15, 0.2) is 40.4 Å². The lowest BCUT2D eigenvalue weighted by atomic mass is 9.91. The smallest absolute Gasteiger partial charge is 0.243 e. The molecule has 40 heavy (non-hydrogen) atoms. The van der Waals surface area contributed by atoms with Crippen molar-refractivity contribution >= 4 is 23.2 Å². The number of β-amino-alcohol motifs (C(OH)–C–C–N with tert-alkyl or cyclic N) is 1. The number of aromatic nitrogens is 2. The van der Waals surface area contributed by atoms with Gasteiger partial charge in [-0.3, -0.25) is 9.59 Å². The van der Waals surface area contributed by atoms with Crippen molar-refractivity contribution in [2.45, 2.75) is 92.5 Å². The highest BCUT2D eigenvalue weighted by Gasteiger charge is 2.43. The predicted molar refractivity (Wildman–Crippen MR) is 158 cm³/mol. The zero-order valence-electron chi connectivity index (χ0n) is 24.8. The molecule has 4 unspecified atom stereocenters. The van der Waals surface area contributed by atoms with Crippen LogP contribution in [0.3, 0.4) is 0 Å². The topological polar surface area (TPSA) is 129 Å². The standard InChI is InChI=1S/C26H32N4O5S.2C2H6/c1-14(2)23(22-9-15(3)29-35-22)26(34)30-11-19(32)10-21(30)25(33)28-16(4)17-5-7-18(8-6-17)24-20(12-31)27-13-36-24;2*1-2/h5-9,13-14,16,19,21,23,31-32H,10-12H2,1-4H3,(H,28,33);2*1-2H3. The Morgan fingerprint density at radius 2 is 1.80 bits per heavy atom. The first-order valence-electron chi connectivity index (χ1n) is 14.0. The van der Waals surface area contributed by atoms with Crippen LogP contribution in [-0.4, -0.2) is 55.8 Å². The Labute approximate surface area is 241 Å². The van der Waals surface area contributed by atoms with Gasteiger partial charge in [0.05, 0.1) is 40.5 Å². The lowest BCUT2D eigenvalue weighted by molar-refractivity contribution is -0.141. The molecule has 3 heterocycles. The molecule has 0 aliphatic carbocycles. The molecule has 9 nitrogen and oxygen atoms in total. The number of amides is 2. The number of rotatable bonds is 8. The zero-order chi connectivity index (χ0) is 30.0. The molecule has 220 valence electrons. The van der Waals surface area contributed by atoms with E-state index in [0.29, 0.717) is 17.1 Å². The van der Waals surface area contributed by atoms with Gasteiger partial charge >= 0.3 is 0 Å². The Bertz CT molecular complexity index is 1210. The Balaban J connectivity index is 0.00000134. The maximum atomic E-state index is 13.5. The third-order valence-corrected chi connectivity index (χ3v) is 7.49. The number of likely N-dealkylation sites (tertiary alicyclic amines) is 1. The van der Waals surface area contributed by atoms with Gasteiger partial charge in [0.1, 0.15) is 17.7 Å². The first-order valence-corrected chi connectivity index (χ1v) is 14.9. The summed E-state index contributed by atoms with van der Waals surface area (Å²) in [6.45, 7) is 15.5. The summed E-state index contributed by atoms with van der Waals surface area (Å²) in [7, 11) is 0. The fourth-order valence-corrected chi connectivity index (χ4v) is 5.49. The third-order valence-electron chi connectivity index (χ3n) is 6.57. The molecule has 2 amide bonds. The summed E-state index contributed by atoms with van der Waals surface area (Å²) >= 11 is 1.46. The van der Waals surface area contributed by atoms with Crippen molar-refractivity contribution in [2.24, 2.45) is 5.92 Å². The number of carbonyl (C=O) groups excluding carboxylic acids is 2. The van der Waals surface area contributed by atoms with Gasteiger partial charge in [-0.25, -0.2) is 4.98 Å². The Morgan fingerprint density at radius 3 is 2.35 bits per heavy atom. The van der Waals surface area contributed by atoms with Crippen molar-refractivity contribution in [1.29, 1.82) is 0 Å². The van der Waals surface area contributed by atoms with E-state index in [4.69, 9.17) is 4.52 Å². The number of thiazole rings is 1. The van der Waals surface area contributed by atoms with Crippen LogP contribution in [0.5, 0.6) is 0 Å². The van der Waals surface area contributed by atoms with Gasteiger partial charge in [0, 0.05) is 19.0 Å². The van der Waals surface area contributed by atoms with Crippen LogP contribution in [0.1, 0.15) is 89.6 Å². The van der Waals surface area contributed by atoms with Crippen LogP contribution in [0.25, 0.3) is 10.4 Å². The van der Waals surface area contributed by atoms with Gasteiger partial charge in [-0.1, -0.05) is 71.0 Å². The quantitative estimate of drug-likeness (QED) is 0.337. The van der Waals surface area contributed by atoms with E-state index < -0.39 is 18.1 Å². The molecule has 2 aromatic heterocycles. The lowest BCUT2D eigenvalue weighted by Gasteiger charge is -2.29. The van der Waals surface area contributed by atoms with Crippen molar-refractivity contribution in [3.8, 4) is 10.4 Å². The van der Waals surface area contributed by atoms with E-state index in [1.54, 1.807) is 18.5 Å². The Morgan fingerprint density at radius 1 is 1.15 bits per heavy atom. The number of nitrogens with one attached hydrogen (secondary N) is 1. The summed E-state index contributed by atoms with van der Waals surface area (Å²) in [6.07, 6.45) is -0.595. The molecule has 1 aliphatic heterocycles. The van der Waals surface area contributed by atoms with Crippen LogP contribution in [0.2, 0.25) is 0 Å². The molecule has 0 spiro atoms. The summed E-state index contributed by atoms with van der Waals surface area (Å²) in [5.41, 5.74) is 4.87. The lowest BCUT2D eigenvalue weighted by Crippen LogP contribution is -2.48. The molecule has 10 heteroatoms. The normalized spacial score (nSPS) is 17.8. The Hall–Kier alpha value is -3.08. The number of hydrogen-bond acceptors (Lipinski definition) is 8. The van der Waals surface area contributed by atoms with E-state index in [1.165, 1.54) is 16.2 Å². The van der Waals surface area contributed by atoms with Crippen molar-refractivity contribution < 1.29 is 24.3 Å². The van der Waals surface area contributed by atoms with Crippen molar-refractivity contribution in [3.63, 3.8) is 0 Å². The first kappa shape index (κ1) is 33.1. The summed E-state index contributed by atoms with van der Waals surface area (Å²) < 4.78 is 5.39. The van der Waals surface area contributed by atoms with Gasteiger partial charge in [0.2, 0.25) is 11.8 Å². The van der Waals surface area contributed by atoms with Crippen molar-refractivity contribution in [2.75, 3.05) is 6.54 Å². The van der Waals surface area contributed by atoms with Crippen molar-refractivity contribution in [3.05, 3.63) is 58.6 Å². The average molecular weight is 573 g/mol. The zero-order valence-corrected chi connectivity index (χ0v) is 25.7. The summed E-state index contributed by atoms with van der Waals surface area (Å²) in [6, 6.07) is 8.38. The minimum absolute atomic E-state index is 0.0753. The van der Waals surface area contributed by atoms with Gasteiger partial charge in [-0.05, 0) is 30.9 Å². The predicted octanol–water partition coefficient (Wildman–Crippen LogP) is 5.23.